The van der Waals surface area contributed by atoms with E-state index in [-0.39, 0.29) is 24.9 Å². The summed E-state index contributed by atoms with van der Waals surface area (Å²) >= 11 is 0. The van der Waals surface area contributed by atoms with Crippen molar-refractivity contribution in [3.05, 3.63) is 72.2 Å². The first-order chi connectivity index (χ1) is 12.5. The summed E-state index contributed by atoms with van der Waals surface area (Å²) in [5.74, 6) is -1.08. The molecule has 0 aliphatic carbocycles. The maximum Gasteiger partial charge on any atom is 0.244 e. The molecule has 0 aliphatic rings. The minimum Gasteiger partial charge on any atom is -0.329 e. The van der Waals surface area contributed by atoms with Crippen molar-refractivity contribution in [3.63, 3.8) is 0 Å². The molecule has 1 aromatic heterocycles. The molecule has 0 saturated carbocycles. The summed E-state index contributed by atoms with van der Waals surface area (Å²) in [4.78, 5) is 29.9. The van der Waals surface area contributed by atoms with E-state index in [1.165, 1.54) is 17.9 Å². The molecule has 2 aromatic carbocycles. The van der Waals surface area contributed by atoms with Crippen molar-refractivity contribution >= 4 is 28.4 Å². The first-order valence-electron chi connectivity index (χ1n) is 8.17. The number of rotatable bonds is 5. The molecule has 0 spiro atoms. The van der Waals surface area contributed by atoms with Gasteiger partial charge in [0.15, 0.2) is 0 Å². The van der Waals surface area contributed by atoms with Gasteiger partial charge in [-0.3, -0.25) is 14.6 Å². The van der Waals surface area contributed by atoms with Gasteiger partial charge in [-0.05, 0) is 18.2 Å². The van der Waals surface area contributed by atoms with Gasteiger partial charge in [0.2, 0.25) is 11.8 Å². The normalized spacial score (nSPS) is 10.5. The predicted octanol–water partition coefficient (Wildman–Crippen LogP) is 3.36. The average molecular weight is 351 g/mol. The Hall–Kier alpha value is -3.28. The van der Waals surface area contributed by atoms with Crippen molar-refractivity contribution in [2.45, 2.75) is 13.5 Å². The van der Waals surface area contributed by atoms with Crippen LogP contribution in [0.2, 0.25) is 0 Å². The summed E-state index contributed by atoms with van der Waals surface area (Å²) in [6.45, 7) is 1.21. The fourth-order valence-corrected chi connectivity index (χ4v) is 2.68. The standard InChI is InChI=1S/C20H18FN3O2/c1-14(25)24(12-16-6-2-3-9-17(16)21)13-19(26)23-18-10-4-7-15-8-5-11-22-20(15)18/h2-11H,12-13H2,1H3,(H,23,26). The topological polar surface area (TPSA) is 62.3 Å². The highest BCUT2D eigenvalue weighted by molar-refractivity contribution is 6.01. The smallest absolute Gasteiger partial charge is 0.244 e. The first kappa shape index (κ1) is 17.5. The highest BCUT2D eigenvalue weighted by Crippen LogP contribution is 2.20. The van der Waals surface area contributed by atoms with Crippen molar-refractivity contribution in [2.75, 3.05) is 11.9 Å². The summed E-state index contributed by atoms with van der Waals surface area (Å²) in [5.41, 5.74) is 1.61. The molecule has 5 nitrogen and oxygen atoms in total. The molecule has 6 heteroatoms. The number of nitrogens with zero attached hydrogens (tertiary/aromatic N) is 2. The van der Waals surface area contributed by atoms with Gasteiger partial charge < -0.3 is 10.2 Å². The fraction of sp³-hybridized carbons (Fsp3) is 0.150. The number of para-hydroxylation sites is 1. The minimum absolute atomic E-state index is 0.0310. The molecule has 0 unspecified atom stereocenters. The summed E-state index contributed by atoms with van der Waals surface area (Å²) in [5, 5.41) is 3.68. The van der Waals surface area contributed by atoms with Crippen LogP contribution in [-0.4, -0.2) is 28.2 Å². The summed E-state index contributed by atoms with van der Waals surface area (Å²) in [6.07, 6.45) is 1.65. The monoisotopic (exact) mass is 351 g/mol. The Morgan fingerprint density at radius 3 is 2.62 bits per heavy atom. The molecule has 0 atom stereocenters. The van der Waals surface area contributed by atoms with Gasteiger partial charge in [-0.25, -0.2) is 4.39 Å². The second kappa shape index (κ2) is 7.74. The Bertz CT molecular complexity index is 953. The summed E-state index contributed by atoms with van der Waals surface area (Å²) in [7, 11) is 0. The number of benzene rings is 2. The third kappa shape index (κ3) is 4.03. The van der Waals surface area contributed by atoms with Gasteiger partial charge in [-0.15, -0.1) is 0 Å². The molecule has 0 fully saturated rings. The molecule has 132 valence electrons. The van der Waals surface area contributed by atoms with E-state index < -0.39 is 5.82 Å². The van der Waals surface area contributed by atoms with Crippen molar-refractivity contribution in [3.8, 4) is 0 Å². The largest absolute Gasteiger partial charge is 0.329 e. The Morgan fingerprint density at radius 1 is 1.08 bits per heavy atom. The molecule has 3 aromatic rings. The molecule has 0 aliphatic heterocycles. The van der Waals surface area contributed by atoms with E-state index in [1.807, 2.05) is 24.3 Å². The van der Waals surface area contributed by atoms with Crippen LogP contribution in [0.5, 0.6) is 0 Å². The van der Waals surface area contributed by atoms with E-state index in [1.54, 1.807) is 30.5 Å². The van der Waals surface area contributed by atoms with Gasteiger partial charge in [-0.1, -0.05) is 36.4 Å². The van der Waals surface area contributed by atoms with Gasteiger partial charge >= 0.3 is 0 Å². The molecule has 0 bridgehead atoms. The van der Waals surface area contributed by atoms with Crippen molar-refractivity contribution < 1.29 is 14.0 Å². The minimum atomic E-state index is -0.405. The maximum atomic E-state index is 13.8. The number of fused-ring (bicyclic) bond motifs is 1. The van der Waals surface area contributed by atoms with Crippen LogP contribution < -0.4 is 5.32 Å². The van der Waals surface area contributed by atoms with E-state index in [9.17, 15) is 14.0 Å². The van der Waals surface area contributed by atoms with Crippen LogP contribution in [0.4, 0.5) is 10.1 Å². The van der Waals surface area contributed by atoms with Gasteiger partial charge in [0, 0.05) is 30.6 Å². The lowest BCUT2D eigenvalue weighted by Gasteiger charge is -2.21. The van der Waals surface area contributed by atoms with Crippen LogP contribution in [0, 0.1) is 5.82 Å². The van der Waals surface area contributed by atoms with Gasteiger partial charge in [-0.2, -0.15) is 0 Å². The number of amides is 2. The Labute approximate surface area is 150 Å². The van der Waals surface area contributed by atoms with E-state index in [0.717, 1.165) is 5.39 Å². The zero-order valence-corrected chi connectivity index (χ0v) is 14.3. The summed E-state index contributed by atoms with van der Waals surface area (Å²) in [6, 6.07) is 15.4. The second-order valence-corrected chi connectivity index (χ2v) is 5.90. The van der Waals surface area contributed by atoms with E-state index in [4.69, 9.17) is 0 Å². The van der Waals surface area contributed by atoms with Crippen LogP contribution >= 0.6 is 0 Å². The van der Waals surface area contributed by atoms with Gasteiger partial charge in [0.1, 0.15) is 12.4 Å². The number of carbonyl (C=O) groups is 2. The molecule has 1 heterocycles. The number of anilines is 1. The molecular weight excluding hydrogens is 333 g/mol. The number of aromatic nitrogens is 1. The molecule has 1 N–H and O–H groups in total. The lowest BCUT2D eigenvalue weighted by Crippen LogP contribution is -2.36. The SMILES string of the molecule is CC(=O)N(CC(=O)Nc1cccc2cccnc12)Cc1ccccc1F. The average Bonchev–Trinajstić information content (AvgIpc) is 2.63. The number of nitrogens with one attached hydrogen (secondary N) is 1. The number of carbonyl (C=O) groups excluding carboxylic acids is 2. The Kier molecular flexibility index (Phi) is 5.22. The fourth-order valence-electron chi connectivity index (χ4n) is 2.68. The zero-order chi connectivity index (χ0) is 18.5. The first-order valence-corrected chi connectivity index (χ1v) is 8.17. The number of halogens is 1. The Balaban J connectivity index is 1.74. The molecule has 2 amide bonds. The van der Waals surface area contributed by atoms with Crippen LogP contribution in [0.25, 0.3) is 10.9 Å². The Morgan fingerprint density at radius 2 is 1.85 bits per heavy atom. The number of pyridine rings is 1. The van der Waals surface area contributed by atoms with Crippen molar-refractivity contribution in [2.24, 2.45) is 0 Å². The van der Waals surface area contributed by atoms with Crippen molar-refractivity contribution in [1.29, 1.82) is 0 Å². The second-order valence-electron chi connectivity index (χ2n) is 5.90. The number of hydrogen-bond donors (Lipinski definition) is 1. The third-order valence-electron chi connectivity index (χ3n) is 4.01. The molecule has 3 rings (SSSR count). The summed E-state index contributed by atoms with van der Waals surface area (Å²) < 4.78 is 13.8. The van der Waals surface area contributed by atoms with E-state index in [2.05, 4.69) is 10.3 Å². The maximum absolute atomic E-state index is 13.8. The van der Waals surface area contributed by atoms with Crippen LogP contribution in [0.1, 0.15) is 12.5 Å². The quantitative estimate of drug-likeness (QED) is 0.767. The zero-order valence-electron chi connectivity index (χ0n) is 14.3. The van der Waals surface area contributed by atoms with E-state index in [0.29, 0.717) is 16.8 Å². The lowest BCUT2D eigenvalue weighted by molar-refractivity contribution is -0.133. The van der Waals surface area contributed by atoms with Crippen LogP contribution in [0.3, 0.4) is 0 Å². The molecule has 26 heavy (non-hydrogen) atoms. The predicted molar refractivity (Wildman–Crippen MR) is 97.9 cm³/mol. The van der Waals surface area contributed by atoms with Gasteiger partial charge in [0.05, 0.1) is 11.2 Å². The van der Waals surface area contributed by atoms with Crippen molar-refractivity contribution in [1.82, 2.24) is 9.88 Å². The highest BCUT2D eigenvalue weighted by Gasteiger charge is 2.16. The highest BCUT2D eigenvalue weighted by atomic mass is 19.1. The van der Waals surface area contributed by atoms with Gasteiger partial charge in [0.25, 0.3) is 0 Å². The molecule has 0 radical (unpaired) electrons. The molecule has 0 saturated heterocycles. The third-order valence-corrected chi connectivity index (χ3v) is 4.01. The number of hydrogen-bond acceptors (Lipinski definition) is 3. The lowest BCUT2D eigenvalue weighted by atomic mass is 10.2. The van der Waals surface area contributed by atoms with Crippen LogP contribution in [-0.2, 0) is 16.1 Å². The molecular formula is C20H18FN3O2. The van der Waals surface area contributed by atoms with E-state index >= 15 is 0 Å². The van der Waals surface area contributed by atoms with Crippen LogP contribution in [0.15, 0.2) is 60.8 Å².